The molecule has 0 spiro atoms. The van der Waals surface area contributed by atoms with Crippen molar-refractivity contribution < 1.29 is 4.74 Å². The van der Waals surface area contributed by atoms with E-state index in [1.54, 1.807) is 6.20 Å². The lowest BCUT2D eigenvalue weighted by Crippen LogP contribution is -2.46. The molecule has 2 saturated heterocycles. The lowest BCUT2D eigenvalue weighted by Gasteiger charge is -2.28. The molecule has 92 valence electrons. The smallest absolute Gasteiger partial charge is 0.137 e. The summed E-state index contributed by atoms with van der Waals surface area (Å²) in [5.74, 6) is 0.899. The molecule has 2 unspecified atom stereocenters. The SMILES string of the molecule is c1ncc(OCC2CCN2)cc1CC1CCN1. The summed E-state index contributed by atoms with van der Waals surface area (Å²) in [6.45, 7) is 3.04. The Morgan fingerprint density at radius 2 is 1.94 bits per heavy atom. The van der Waals surface area contributed by atoms with Gasteiger partial charge < -0.3 is 15.4 Å². The molecule has 2 aliphatic rings. The van der Waals surface area contributed by atoms with E-state index in [4.69, 9.17) is 4.74 Å². The van der Waals surface area contributed by atoms with E-state index in [2.05, 4.69) is 21.7 Å². The van der Waals surface area contributed by atoms with Gasteiger partial charge in [-0.25, -0.2) is 0 Å². The number of nitrogens with one attached hydrogen (secondary N) is 2. The number of rotatable bonds is 5. The lowest BCUT2D eigenvalue weighted by atomic mass is 9.99. The van der Waals surface area contributed by atoms with Crippen LogP contribution in [0.25, 0.3) is 0 Å². The zero-order chi connectivity index (χ0) is 11.5. The van der Waals surface area contributed by atoms with Crippen molar-refractivity contribution in [3.63, 3.8) is 0 Å². The summed E-state index contributed by atoms with van der Waals surface area (Å²) in [7, 11) is 0. The van der Waals surface area contributed by atoms with Gasteiger partial charge in [-0.15, -0.1) is 0 Å². The van der Waals surface area contributed by atoms with Gasteiger partial charge in [0.1, 0.15) is 12.4 Å². The molecule has 0 aromatic carbocycles. The Hall–Kier alpha value is -1.13. The molecule has 0 saturated carbocycles. The second-order valence-corrected chi connectivity index (χ2v) is 4.92. The Bertz CT molecular complexity index is 375. The van der Waals surface area contributed by atoms with E-state index in [0.29, 0.717) is 12.1 Å². The first-order chi connectivity index (χ1) is 8.40. The zero-order valence-electron chi connectivity index (χ0n) is 9.98. The molecule has 2 atom stereocenters. The molecular weight excluding hydrogens is 214 g/mol. The predicted molar refractivity (Wildman–Crippen MR) is 66.3 cm³/mol. The Morgan fingerprint density at radius 3 is 2.59 bits per heavy atom. The van der Waals surface area contributed by atoms with E-state index in [0.717, 1.165) is 31.9 Å². The number of pyridine rings is 1. The number of ether oxygens (including phenoxy) is 1. The Morgan fingerprint density at radius 1 is 1.18 bits per heavy atom. The monoisotopic (exact) mass is 233 g/mol. The van der Waals surface area contributed by atoms with Gasteiger partial charge in [-0.05, 0) is 44.0 Å². The fourth-order valence-electron chi connectivity index (χ4n) is 2.15. The Labute approximate surface area is 102 Å². The van der Waals surface area contributed by atoms with Crippen LogP contribution >= 0.6 is 0 Å². The summed E-state index contributed by atoms with van der Waals surface area (Å²) in [5, 5.41) is 6.73. The van der Waals surface area contributed by atoms with Crippen LogP contribution in [0.15, 0.2) is 18.5 Å². The largest absolute Gasteiger partial charge is 0.490 e. The minimum absolute atomic E-state index is 0.534. The Kier molecular flexibility index (Phi) is 3.25. The quantitative estimate of drug-likeness (QED) is 0.787. The minimum Gasteiger partial charge on any atom is -0.490 e. The van der Waals surface area contributed by atoms with Crippen LogP contribution in [0.3, 0.4) is 0 Å². The van der Waals surface area contributed by atoms with Crippen LogP contribution in [0, 0.1) is 0 Å². The first-order valence-corrected chi connectivity index (χ1v) is 6.43. The van der Waals surface area contributed by atoms with Crippen LogP contribution in [0.1, 0.15) is 18.4 Å². The molecule has 1 aromatic heterocycles. The average Bonchev–Trinajstić information content (AvgIpc) is 2.22. The number of hydrogen-bond donors (Lipinski definition) is 2. The van der Waals surface area contributed by atoms with Gasteiger partial charge in [0.05, 0.1) is 6.20 Å². The second kappa shape index (κ2) is 5.02. The second-order valence-electron chi connectivity index (χ2n) is 4.92. The molecule has 4 heteroatoms. The molecule has 17 heavy (non-hydrogen) atoms. The zero-order valence-corrected chi connectivity index (χ0v) is 9.98. The molecule has 3 heterocycles. The molecule has 2 aliphatic heterocycles. The summed E-state index contributed by atoms with van der Waals surface area (Å²) in [4.78, 5) is 4.24. The fourth-order valence-corrected chi connectivity index (χ4v) is 2.15. The topological polar surface area (TPSA) is 46.2 Å². The third kappa shape index (κ3) is 2.76. The van der Waals surface area contributed by atoms with Crippen molar-refractivity contribution in [3.8, 4) is 5.75 Å². The molecule has 0 aliphatic carbocycles. The molecule has 2 fully saturated rings. The maximum atomic E-state index is 5.74. The van der Waals surface area contributed by atoms with Crippen molar-refractivity contribution in [3.05, 3.63) is 24.0 Å². The highest BCUT2D eigenvalue weighted by Crippen LogP contribution is 2.16. The summed E-state index contributed by atoms with van der Waals surface area (Å²) in [6.07, 6.45) is 7.30. The summed E-state index contributed by atoms with van der Waals surface area (Å²) in [6, 6.07) is 3.29. The van der Waals surface area contributed by atoms with E-state index in [9.17, 15) is 0 Å². The maximum Gasteiger partial charge on any atom is 0.137 e. The minimum atomic E-state index is 0.534. The maximum absolute atomic E-state index is 5.74. The van der Waals surface area contributed by atoms with Gasteiger partial charge in [-0.1, -0.05) is 0 Å². The first-order valence-electron chi connectivity index (χ1n) is 6.43. The van der Waals surface area contributed by atoms with Crippen LogP contribution in [-0.4, -0.2) is 36.8 Å². The van der Waals surface area contributed by atoms with Gasteiger partial charge in [-0.3, -0.25) is 4.98 Å². The third-order valence-corrected chi connectivity index (χ3v) is 3.55. The van der Waals surface area contributed by atoms with Gasteiger partial charge in [0, 0.05) is 18.3 Å². The molecule has 4 nitrogen and oxygen atoms in total. The number of hydrogen-bond acceptors (Lipinski definition) is 4. The standard InChI is InChI=1S/C13H19N3O/c1-3-15-11(1)5-10-6-13(8-14-7-10)17-9-12-2-4-16-12/h6-8,11-12,15-16H,1-5,9H2. The van der Waals surface area contributed by atoms with Gasteiger partial charge >= 0.3 is 0 Å². The van der Waals surface area contributed by atoms with Crippen molar-refractivity contribution >= 4 is 0 Å². The average molecular weight is 233 g/mol. The summed E-state index contributed by atoms with van der Waals surface area (Å²) >= 11 is 0. The van der Waals surface area contributed by atoms with E-state index in [1.165, 1.54) is 18.4 Å². The van der Waals surface area contributed by atoms with Crippen LogP contribution in [0.2, 0.25) is 0 Å². The van der Waals surface area contributed by atoms with E-state index < -0.39 is 0 Å². The van der Waals surface area contributed by atoms with Crippen molar-refractivity contribution in [2.75, 3.05) is 19.7 Å². The van der Waals surface area contributed by atoms with Gasteiger partial charge in [-0.2, -0.15) is 0 Å². The van der Waals surface area contributed by atoms with Gasteiger partial charge in [0.2, 0.25) is 0 Å². The highest BCUT2D eigenvalue weighted by Gasteiger charge is 2.18. The van der Waals surface area contributed by atoms with Crippen LogP contribution in [0.4, 0.5) is 0 Å². The first kappa shape index (κ1) is 11.0. The highest BCUT2D eigenvalue weighted by atomic mass is 16.5. The van der Waals surface area contributed by atoms with Crippen LogP contribution < -0.4 is 15.4 Å². The van der Waals surface area contributed by atoms with Crippen molar-refractivity contribution in [1.82, 2.24) is 15.6 Å². The third-order valence-electron chi connectivity index (χ3n) is 3.55. The van der Waals surface area contributed by atoms with Crippen LogP contribution in [0.5, 0.6) is 5.75 Å². The summed E-state index contributed by atoms with van der Waals surface area (Å²) in [5.41, 5.74) is 1.27. The van der Waals surface area contributed by atoms with E-state index >= 15 is 0 Å². The molecule has 3 rings (SSSR count). The van der Waals surface area contributed by atoms with E-state index in [1.807, 2.05) is 6.20 Å². The molecule has 2 N–H and O–H groups in total. The summed E-state index contributed by atoms with van der Waals surface area (Å²) < 4.78 is 5.74. The number of aromatic nitrogens is 1. The van der Waals surface area contributed by atoms with Crippen LogP contribution in [-0.2, 0) is 6.42 Å². The predicted octanol–water partition coefficient (Wildman–Crippen LogP) is 0.727. The highest BCUT2D eigenvalue weighted by molar-refractivity contribution is 5.24. The molecular formula is C13H19N3O. The number of nitrogens with zero attached hydrogens (tertiary/aromatic N) is 1. The fraction of sp³-hybridized carbons (Fsp3) is 0.615. The lowest BCUT2D eigenvalue weighted by molar-refractivity contribution is 0.216. The molecule has 0 amide bonds. The van der Waals surface area contributed by atoms with E-state index in [-0.39, 0.29) is 0 Å². The molecule has 0 radical (unpaired) electrons. The molecule has 1 aromatic rings. The van der Waals surface area contributed by atoms with Crippen molar-refractivity contribution in [2.45, 2.75) is 31.3 Å². The van der Waals surface area contributed by atoms with Gasteiger partial charge in [0.15, 0.2) is 0 Å². The normalized spacial score (nSPS) is 27.1. The Balaban J connectivity index is 1.53. The van der Waals surface area contributed by atoms with Crippen molar-refractivity contribution in [1.29, 1.82) is 0 Å². The van der Waals surface area contributed by atoms with Gasteiger partial charge in [0.25, 0.3) is 0 Å². The van der Waals surface area contributed by atoms with Crippen molar-refractivity contribution in [2.24, 2.45) is 0 Å². The molecule has 0 bridgehead atoms.